The summed E-state index contributed by atoms with van der Waals surface area (Å²) in [6.07, 6.45) is 13.8. The van der Waals surface area contributed by atoms with Gasteiger partial charge in [0.05, 0.1) is 13.7 Å². The van der Waals surface area contributed by atoms with E-state index in [2.05, 4.69) is 12.2 Å². The molecule has 1 amide bonds. The van der Waals surface area contributed by atoms with Gasteiger partial charge in [0.1, 0.15) is 11.8 Å². The predicted molar refractivity (Wildman–Crippen MR) is 117 cm³/mol. The molecule has 1 rings (SSSR count). The minimum Gasteiger partial charge on any atom is -0.497 e. The fraction of sp³-hybridized carbons (Fsp3) is 0.667. The van der Waals surface area contributed by atoms with Crippen molar-refractivity contribution in [1.29, 1.82) is 0 Å². The number of unbranched alkanes of at least 4 members (excludes halogenated alkanes) is 10. The van der Waals surface area contributed by atoms with Crippen LogP contribution in [0.3, 0.4) is 0 Å². The average Bonchev–Trinajstić information content (AvgIpc) is 2.74. The Hall–Kier alpha value is -2.04. The number of hydrogen-bond acceptors (Lipinski definition) is 4. The van der Waals surface area contributed by atoms with Gasteiger partial charge in [-0.25, -0.2) is 4.79 Å². The fourth-order valence-electron chi connectivity index (χ4n) is 3.17. The smallest absolute Gasteiger partial charge is 0.328 e. The van der Waals surface area contributed by atoms with Gasteiger partial charge in [-0.05, 0) is 31.5 Å². The summed E-state index contributed by atoms with van der Waals surface area (Å²) in [4.78, 5) is 24.3. The van der Waals surface area contributed by atoms with E-state index in [-0.39, 0.29) is 5.91 Å². The molecule has 1 N–H and O–H groups in total. The molecule has 0 aromatic heterocycles. The number of amides is 1. The van der Waals surface area contributed by atoms with Crippen molar-refractivity contribution in [3.63, 3.8) is 0 Å². The van der Waals surface area contributed by atoms with Crippen LogP contribution in [0.2, 0.25) is 0 Å². The number of esters is 1. The quantitative estimate of drug-likeness (QED) is 0.284. The van der Waals surface area contributed by atoms with Crippen molar-refractivity contribution in [2.45, 2.75) is 90.5 Å². The minimum absolute atomic E-state index is 0.317. The summed E-state index contributed by atoms with van der Waals surface area (Å²) >= 11 is 0. The van der Waals surface area contributed by atoms with Crippen LogP contribution in [-0.2, 0) is 9.53 Å². The van der Waals surface area contributed by atoms with Crippen LogP contribution in [0.25, 0.3) is 0 Å². The van der Waals surface area contributed by atoms with E-state index in [0.717, 1.165) is 12.8 Å². The molecular formula is C24H39NO4. The van der Waals surface area contributed by atoms with Crippen LogP contribution in [0.5, 0.6) is 5.75 Å². The van der Waals surface area contributed by atoms with Crippen LogP contribution in [-0.4, -0.2) is 31.6 Å². The molecule has 1 aromatic rings. The predicted octanol–water partition coefficient (Wildman–Crippen LogP) is 5.67. The van der Waals surface area contributed by atoms with Crippen molar-refractivity contribution in [2.75, 3.05) is 13.7 Å². The summed E-state index contributed by atoms with van der Waals surface area (Å²) in [6.45, 7) is 4.30. The maximum absolute atomic E-state index is 12.2. The van der Waals surface area contributed by atoms with Gasteiger partial charge in [-0.2, -0.15) is 0 Å². The lowest BCUT2D eigenvalue weighted by molar-refractivity contribution is -0.145. The van der Waals surface area contributed by atoms with Crippen LogP contribution < -0.4 is 10.1 Å². The molecule has 5 nitrogen and oxygen atoms in total. The molecule has 164 valence electrons. The van der Waals surface area contributed by atoms with Gasteiger partial charge in [0.15, 0.2) is 0 Å². The molecule has 0 aliphatic heterocycles. The Kier molecular flexibility index (Phi) is 13.6. The summed E-state index contributed by atoms with van der Waals surface area (Å²) in [5.74, 6) is -0.110. The number of rotatable bonds is 16. The maximum atomic E-state index is 12.2. The van der Waals surface area contributed by atoms with Crippen LogP contribution >= 0.6 is 0 Å². The van der Waals surface area contributed by atoms with Crippen molar-refractivity contribution in [2.24, 2.45) is 0 Å². The lowest BCUT2D eigenvalue weighted by Gasteiger charge is -2.14. The molecule has 1 atom stereocenters. The molecule has 0 spiro atoms. The summed E-state index contributed by atoms with van der Waals surface area (Å²) in [7, 11) is 1.55. The molecule has 0 saturated heterocycles. The second-order valence-electron chi connectivity index (χ2n) is 7.63. The van der Waals surface area contributed by atoms with Crippen LogP contribution in [0.4, 0.5) is 0 Å². The third-order valence-electron chi connectivity index (χ3n) is 5.03. The number of methoxy groups -OCH3 is 1. The van der Waals surface area contributed by atoms with Crippen molar-refractivity contribution < 1.29 is 19.1 Å². The first-order valence-electron chi connectivity index (χ1n) is 11.2. The zero-order chi connectivity index (χ0) is 21.3. The molecule has 0 radical (unpaired) electrons. The van der Waals surface area contributed by atoms with Gasteiger partial charge in [-0.1, -0.05) is 77.2 Å². The zero-order valence-electron chi connectivity index (χ0n) is 18.5. The van der Waals surface area contributed by atoms with E-state index in [4.69, 9.17) is 9.47 Å². The second-order valence-corrected chi connectivity index (χ2v) is 7.63. The summed E-state index contributed by atoms with van der Waals surface area (Å²) in [5.41, 5.74) is 0.453. The summed E-state index contributed by atoms with van der Waals surface area (Å²) < 4.78 is 10.4. The number of carbonyl (C=O) groups excluding carboxylic acids is 2. The third kappa shape index (κ3) is 11.5. The van der Waals surface area contributed by atoms with E-state index in [1.54, 1.807) is 38.3 Å². The second kappa shape index (κ2) is 15.8. The van der Waals surface area contributed by atoms with Crippen molar-refractivity contribution in [3.8, 4) is 5.75 Å². The summed E-state index contributed by atoms with van der Waals surface area (Å²) in [6, 6.07) is 6.15. The standard InChI is InChI=1S/C24H39NO4/c1-4-5-6-7-8-9-10-11-12-13-14-18-29-24(27)20(2)25-23(26)21-16-15-17-22(19-21)28-3/h15-17,19-20H,4-14,18H2,1-3H3,(H,25,26)/t20-/m0/s1. The van der Waals surface area contributed by atoms with E-state index in [0.29, 0.717) is 17.9 Å². The van der Waals surface area contributed by atoms with Crippen molar-refractivity contribution >= 4 is 11.9 Å². The van der Waals surface area contributed by atoms with E-state index in [1.165, 1.54) is 57.8 Å². The topological polar surface area (TPSA) is 64.6 Å². The van der Waals surface area contributed by atoms with Crippen molar-refractivity contribution in [1.82, 2.24) is 5.32 Å². The van der Waals surface area contributed by atoms with Gasteiger partial charge >= 0.3 is 5.97 Å². The molecule has 1 aromatic carbocycles. The Morgan fingerprint density at radius 1 is 0.931 bits per heavy atom. The number of hydrogen-bond donors (Lipinski definition) is 1. The molecular weight excluding hydrogens is 366 g/mol. The van der Waals surface area contributed by atoms with Gasteiger partial charge in [-0.3, -0.25) is 4.79 Å². The first-order chi connectivity index (χ1) is 14.1. The molecule has 5 heteroatoms. The van der Waals surface area contributed by atoms with Gasteiger partial charge in [0.2, 0.25) is 0 Å². The van der Waals surface area contributed by atoms with Crippen LogP contribution in [0.1, 0.15) is 94.8 Å². The molecule has 0 saturated carbocycles. The molecule has 29 heavy (non-hydrogen) atoms. The Morgan fingerprint density at radius 3 is 2.10 bits per heavy atom. The van der Waals surface area contributed by atoms with Gasteiger partial charge < -0.3 is 14.8 Å². The molecule has 0 aliphatic rings. The number of nitrogens with one attached hydrogen (secondary N) is 1. The summed E-state index contributed by atoms with van der Waals surface area (Å²) in [5, 5.41) is 2.67. The Labute approximate surface area is 176 Å². The molecule has 0 fully saturated rings. The highest BCUT2D eigenvalue weighted by Crippen LogP contribution is 2.13. The normalized spacial score (nSPS) is 11.7. The third-order valence-corrected chi connectivity index (χ3v) is 5.03. The average molecular weight is 406 g/mol. The Bertz CT molecular complexity index is 588. The lowest BCUT2D eigenvalue weighted by Crippen LogP contribution is -2.39. The van der Waals surface area contributed by atoms with Crippen LogP contribution in [0.15, 0.2) is 24.3 Å². The Morgan fingerprint density at radius 2 is 1.52 bits per heavy atom. The number of ether oxygens (including phenoxy) is 2. The number of benzene rings is 1. The fourth-order valence-corrected chi connectivity index (χ4v) is 3.17. The van der Waals surface area contributed by atoms with E-state index >= 15 is 0 Å². The minimum atomic E-state index is -0.679. The number of carbonyl (C=O) groups is 2. The van der Waals surface area contributed by atoms with Gasteiger partial charge in [-0.15, -0.1) is 0 Å². The van der Waals surface area contributed by atoms with E-state index < -0.39 is 12.0 Å². The molecule has 0 bridgehead atoms. The Balaban J connectivity index is 2.07. The van der Waals surface area contributed by atoms with Gasteiger partial charge in [0, 0.05) is 5.56 Å². The first-order valence-corrected chi connectivity index (χ1v) is 11.2. The molecule has 0 aliphatic carbocycles. The van der Waals surface area contributed by atoms with E-state index in [9.17, 15) is 9.59 Å². The van der Waals surface area contributed by atoms with Crippen LogP contribution in [0, 0.1) is 0 Å². The van der Waals surface area contributed by atoms with E-state index in [1.807, 2.05) is 0 Å². The largest absolute Gasteiger partial charge is 0.497 e. The lowest BCUT2D eigenvalue weighted by atomic mass is 10.1. The first kappa shape index (κ1) is 25.0. The highest BCUT2D eigenvalue weighted by molar-refractivity contribution is 5.97. The molecule has 0 heterocycles. The molecule has 0 unspecified atom stereocenters. The monoisotopic (exact) mass is 405 g/mol. The van der Waals surface area contributed by atoms with Gasteiger partial charge in [0.25, 0.3) is 5.91 Å². The highest BCUT2D eigenvalue weighted by Gasteiger charge is 2.18. The SMILES string of the molecule is CCCCCCCCCCCCCOC(=O)[C@H](C)NC(=O)c1cccc(OC)c1. The zero-order valence-corrected chi connectivity index (χ0v) is 18.5. The van der Waals surface area contributed by atoms with Crippen molar-refractivity contribution in [3.05, 3.63) is 29.8 Å². The highest BCUT2D eigenvalue weighted by atomic mass is 16.5. The maximum Gasteiger partial charge on any atom is 0.328 e.